The molecule has 0 radical (unpaired) electrons. The smallest absolute Gasteiger partial charge is 0.234 e. The number of carbonyl (C=O) groups is 1. The zero-order chi connectivity index (χ0) is 20.9. The van der Waals surface area contributed by atoms with Gasteiger partial charge in [0.1, 0.15) is 0 Å². The van der Waals surface area contributed by atoms with Crippen molar-refractivity contribution < 1.29 is 13.2 Å². The highest BCUT2D eigenvalue weighted by Gasteiger charge is 2.25. The Morgan fingerprint density at radius 1 is 1.14 bits per heavy atom. The molecule has 1 amide bonds. The van der Waals surface area contributed by atoms with Gasteiger partial charge in [-0.2, -0.15) is 0 Å². The predicted octanol–water partition coefficient (Wildman–Crippen LogP) is 2.64. The molecule has 7 heteroatoms. The van der Waals surface area contributed by atoms with Crippen molar-refractivity contribution in [2.45, 2.75) is 58.5 Å². The van der Waals surface area contributed by atoms with E-state index in [1.54, 1.807) is 0 Å². The second-order valence-corrected chi connectivity index (χ2v) is 10.4. The molecule has 2 N–H and O–H groups in total. The molecule has 2 unspecified atom stereocenters. The van der Waals surface area contributed by atoms with Gasteiger partial charge in [0.25, 0.3) is 0 Å². The molecular weight excluding hydrogens is 374 g/mol. The van der Waals surface area contributed by atoms with Crippen molar-refractivity contribution >= 4 is 15.9 Å². The number of hydrogen-bond acceptors (Lipinski definition) is 4. The molecule has 0 spiro atoms. The Morgan fingerprint density at radius 3 is 2.29 bits per heavy atom. The largest absolute Gasteiger partial charge is 0.348 e. The van der Waals surface area contributed by atoms with Crippen LogP contribution >= 0.6 is 0 Å². The summed E-state index contributed by atoms with van der Waals surface area (Å²) in [6.45, 7) is 10.2. The molecule has 0 bridgehead atoms. The number of rotatable bonds is 8. The normalized spacial score (nSPS) is 19.8. The van der Waals surface area contributed by atoms with E-state index in [1.165, 1.54) is 11.8 Å². The highest BCUT2D eigenvalue weighted by molar-refractivity contribution is 7.88. The van der Waals surface area contributed by atoms with Gasteiger partial charge in [-0.25, -0.2) is 13.1 Å². The van der Waals surface area contributed by atoms with Crippen LogP contribution in [0.15, 0.2) is 24.3 Å². The Morgan fingerprint density at radius 2 is 1.75 bits per heavy atom. The summed E-state index contributed by atoms with van der Waals surface area (Å²) in [6, 6.07) is 8.31. The molecule has 1 aromatic rings. The molecule has 6 nitrogen and oxygen atoms in total. The number of carbonyl (C=O) groups excluding carboxylic acids is 1. The van der Waals surface area contributed by atoms with Crippen LogP contribution in [0.2, 0.25) is 0 Å². The summed E-state index contributed by atoms with van der Waals surface area (Å²) in [7, 11) is -3.23. The van der Waals surface area contributed by atoms with Crippen LogP contribution in [0.4, 0.5) is 0 Å². The van der Waals surface area contributed by atoms with Gasteiger partial charge in [-0.05, 0) is 42.3 Å². The summed E-state index contributed by atoms with van der Waals surface area (Å²) in [6.07, 6.45) is 2.86. The lowest BCUT2D eigenvalue weighted by Crippen LogP contribution is -2.50. The first-order valence-electron chi connectivity index (χ1n) is 10.1. The van der Waals surface area contributed by atoms with Gasteiger partial charge in [0.05, 0.1) is 18.8 Å². The first kappa shape index (κ1) is 22.8. The Labute approximate surface area is 170 Å². The van der Waals surface area contributed by atoms with E-state index in [9.17, 15) is 13.2 Å². The summed E-state index contributed by atoms with van der Waals surface area (Å²) < 4.78 is 25.6. The van der Waals surface area contributed by atoms with E-state index in [-0.39, 0.29) is 30.5 Å². The zero-order valence-corrected chi connectivity index (χ0v) is 18.6. The van der Waals surface area contributed by atoms with Gasteiger partial charge in [0, 0.05) is 12.6 Å². The van der Waals surface area contributed by atoms with Crippen molar-refractivity contribution in [2.24, 2.45) is 5.92 Å². The SMILES string of the molecule is CC(C)c1ccc(C(NC(=O)CN2CCCC(NS(C)(=O)=O)C2)C(C)C)cc1. The van der Waals surface area contributed by atoms with E-state index in [4.69, 9.17) is 0 Å². The van der Waals surface area contributed by atoms with E-state index >= 15 is 0 Å². The van der Waals surface area contributed by atoms with E-state index < -0.39 is 10.0 Å². The Balaban J connectivity index is 1.96. The number of amides is 1. The predicted molar refractivity (Wildman–Crippen MR) is 114 cm³/mol. The number of nitrogens with one attached hydrogen (secondary N) is 2. The number of sulfonamides is 1. The first-order chi connectivity index (χ1) is 13.0. The molecule has 0 aromatic heterocycles. The summed E-state index contributed by atoms with van der Waals surface area (Å²) in [4.78, 5) is 14.7. The molecule has 1 aromatic carbocycles. The molecule has 1 saturated heterocycles. The molecule has 158 valence electrons. The molecule has 1 aliphatic heterocycles. The van der Waals surface area contributed by atoms with Gasteiger partial charge in [-0.15, -0.1) is 0 Å². The van der Waals surface area contributed by atoms with Gasteiger partial charge >= 0.3 is 0 Å². The minimum Gasteiger partial charge on any atom is -0.348 e. The maximum absolute atomic E-state index is 12.7. The molecule has 2 rings (SSSR count). The van der Waals surface area contributed by atoms with E-state index in [1.807, 2.05) is 4.90 Å². The maximum Gasteiger partial charge on any atom is 0.234 e. The Kier molecular flexibility index (Phi) is 8.04. The lowest BCUT2D eigenvalue weighted by molar-refractivity contribution is -0.123. The van der Waals surface area contributed by atoms with Crippen molar-refractivity contribution in [3.05, 3.63) is 35.4 Å². The van der Waals surface area contributed by atoms with Crippen LogP contribution < -0.4 is 10.0 Å². The van der Waals surface area contributed by atoms with Gasteiger partial charge in [0.15, 0.2) is 0 Å². The topological polar surface area (TPSA) is 78.5 Å². The minimum absolute atomic E-state index is 0.0216. The number of hydrogen-bond donors (Lipinski definition) is 2. The number of likely N-dealkylation sites (tertiary alicyclic amines) is 1. The highest BCUT2D eigenvalue weighted by Crippen LogP contribution is 2.24. The molecule has 1 heterocycles. The van der Waals surface area contributed by atoms with Crippen LogP contribution in [0.5, 0.6) is 0 Å². The highest BCUT2D eigenvalue weighted by atomic mass is 32.2. The van der Waals surface area contributed by atoms with Gasteiger partial charge in [-0.3, -0.25) is 9.69 Å². The monoisotopic (exact) mass is 409 g/mol. The molecule has 1 fully saturated rings. The lowest BCUT2D eigenvalue weighted by atomic mass is 9.93. The van der Waals surface area contributed by atoms with Crippen molar-refractivity contribution in [1.82, 2.24) is 14.9 Å². The van der Waals surface area contributed by atoms with Crippen LogP contribution in [-0.2, 0) is 14.8 Å². The number of nitrogens with zero attached hydrogens (tertiary/aromatic N) is 1. The Bertz CT molecular complexity index is 745. The zero-order valence-electron chi connectivity index (χ0n) is 17.7. The lowest BCUT2D eigenvalue weighted by Gasteiger charge is -2.33. The second kappa shape index (κ2) is 9.85. The van der Waals surface area contributed by atoms with E-state index in [2.05, 4.69) is 62.0 Å². The Hall–Kier alpha value is -1.44. The third kappa shape index (κ3) is 7.18. The second-order valence-electron chi connectivity index (χ2n) is 8.57. The third-order valence-corrected chi connectivity index (χ3v) is 5.96. The van der Waals surface area contributed by atoms with Gasteiger partial charge < -0.3 is 5.32 Å². The molecule has 0 aliphatic carbocycles. The molecule has 1 aliphatic rings. The van der Waals surface area contributed by atoms with Crippen LogP contribution in [-0.4, -0.2) is 51.2 Å². The van der Waals surface area contributed by atoms with Crippen molar-refractivity contribution in [1.29, 1.82) is 0 Å². The fraction of sp³-hybridized carbons (Fsp3) is 0.667. The molecule has 28 heavy (non-hydrogen) atoms. The van der Waals surface area contributed by atoms with Crippen molar-refractivity contribution in [3.8, 4) is 0 Å². The molecular formula is C21H35N3O3S. The fourth-order valence-corrected chi connectivity index (χ4v) is 4.54. The third-order valence-electron chi connectivity index (χ3n) is 5.20. The van der Waals surface area contributed by atoms with Crippen LogP contribution in [0.25, 0.3) is 0 Å². The maximum atomic E-state index is 12.7. The van der Waals surface area contributed by atoms with Gasteiger partial charge in [0.2, 0.25) is 15.9 Å². The first-order valence-corrected chi connectivity index (χ1v) is 12.0. The van der Waals surface area contributed by atoms with E-state index in [0.717, 1.165) is 24.9 Å². The summed E-state index contributed by atoms with van der Waals surface area (Å²) in [5, 5.41) is 3.17. The van der Waals surface area contributed by atoms with Crippen LogP contribution in [0, 0.1) is 5.92 Å². The van der Waals surface area contributed by atoms with Crippen molar-refractivity contribution in [2.75, 3.05) is 25.9 Å². The van der Waals surface area contributed by atoms with Crippen molar-refractivity contribution in [3.63, 3.8) is 0 Å². The summed E-state index contributed by atoms with van der Waals surface area (Å²) >= 11 is 0. The average molecular weight is 410 g/mol. The summed E-state index contributed by atoms with van der Waals surface area (Å²) in [5.41, 5.74) is 2.40. The summed E-state index contributed by atoms with van der Waals surface area (Å²) in [5.74, 6) is 0.732. The van der Waals surface area contributed by atoms with Crippen LogP contribution in [0.3, 0.4) is 0 Å². The minimum atomic E-state index is -3.23. The average Bonchev–Trinajstić information content (AvgIpc) is 2.58. The fourth-order valence-electron chi connectivity index (χ4n) is 3.74. The van der Waals surface area contributed by atoms with E-state index in [0.29, 0.717) is 12.5 Å². The van der Waals surface area contributed by atoms with Crippen LogP contribution in [0.1, 0.15) is 63.6 Å². The standard InChI is InChI=1S/C21H35N3O3S/c1-15(2)17-8-10-18(11-9-17)21(16(3)4)22-20(25)14-24-12-6-7-19(13-24)23-28(5,26)27/h8-11,15-16,19,21,23H,6-7,12-14H2,1-5H3,(H,22,25). The quantitative estimate of drug-likeness (QED) is 0.692. The molecule has 0 saturated carbocycles. The number of benzene rings is 1. The van der Waals surface area contributed by atoms with Gasteiger partial charge in [-0.1, -0.05) is 52.0 Å². The number of piperidine rings is 1. The molecule has 2 atom stereocenters.